The van der Waals surface area contributed by atoms with E-state index in [1.54, 1.807) is 0 Å². The van der Waals surface area contributed by atoms with Gasteiger partial charge in [0.1, 0.15) is 0 Å². The number of carbonyl (C=O) groups is 2. The average Bonchev–Trinajstić information content (AvgIpc) is 2.72. The molecule has 3 N–H and O–H groups in total. The molecule has 3 rings (SSSR count). The average molecular weight is 434 g/mol. The Kier molecular flexibility index (Phi) is 8.58. The van der Waals surface area contributed by atoms with Crippen LogP contribution in [0.25, 0.3) is 0 Å². The molecule has 0 spiro atoms. The van der Waals surface area contributed by atoms with Gasteiger partial charge >= 0.3 is 0 Å². The quantitative estimate of drug-likeness (QED) is 0.487. The lowest BCUT2D eigenvalue weighted by Gasteiger charge is -2.45. The molecule has 30 heavy (non-hydrogen) atoms. The van der Waals surface area contributed by atoms with Gasteiger partial charge in [0.25, 0.3) is 5.91 Å². The summed E-state index contributed by atoms with van der Waals surface area (Å²) in [6, 6.07) is 5.78. The minimum Gasteiger partial charge on any atom is -0.355 e. The molecule has 6 heteroatoms. The number of aryl methyl sites for hydroxylation is 1. The van der Waals surface area contributed by atoms with Crippen molar-refractivity contribution in [3.63, 3.8) is 0 Å². The lowest BCUT2D eigenvalue weighted by Crippen LogP contribution is -2.43. The molecule has 0 radical (unpaired) electrons. The summed E-state index contributed by atoms with van der Waals surface area (Å²) in [5.41, 5.74) is 2.03. The first-order chi connectivity index (χ1) is 14.5. The Hall–Kier alpha value is -1.59. The van der Waals surface area contributed by atoms with Gasteiger partial charge in [-0.2, -0.15) is 0 Å². The lowest BCUT2D eigenvalue weighted by molar-refractivity contribution is -0.118. The Morgan fingerprint density at radius 1 is 1.10 bits per heavy atom. The second kappa shape index (κ2) is 11.1. The fourth-order valence-electron chi connectivity index (χ4n) is 5.20. The second-order valence-electron chi connectivity index (χ2n) is 9.19. The third-order valence-corrected chi connectivity index (χ3v) is 7.08. The van der Waals surface area contributed by atoms with Gasteiger partial charge in [0.15, 0.2) is 0 Å². The number of halogens is 1. The van der Waals surface area contributed by atoms with E-state index in [4.69, 9.17) is 11.6 Å². The zero-order valence-electron chi connectivity index (χ0n) is 18.2. The highest BCUT2D eigenvalue weighted by molar-refractivity contribution is 6.33. The number of nitrogens with one attached hydrogen (secondary N) is 3. The van der Waals surface area contributed by atoms with Crippen LogP contribution in [-0.4, -0.2) is 38.0 Å². The van der Waals surface area contributed by atoms with Crippen molar-refractivity contribution in [3.8, 4) is 0 Å². The molecule has 0 heterocycles. The van der Waals surface area contributed by atoms with Crippen LogP contribution in [0.2, 0.25) is 5.02 Å². The van der Waals surface area contributed by atoms with Gasteiger partial charge in [-0.1, -0.05) is 43.4 Å². The van der Waals surface area contributed by atoms with Gasteiger partial charge in [0, 0.05) is 26.6 Å². The number of rotatable bonds is 10. The van der Waals surface area contributed by atoms with E-state index in [1.165, 1.54) is 51.9 Å². The van der Waals surface area contributed by atoms with E-state index in [1.807, 2.05) is 18.2 Å². The van der Waals surface area contributed by atoms with E-state index >= 15 is 0 Å². The Balaban J connectivity index is 1.46. The summed E-state index contributed by atoms with van der Waals surface area (Å²) in [6.07, 6.45) is 10.9. The Morgan fingerprint density at radius 3 is 2.60 bits per heavy atom. The van der Waals surface area contributed by atoms with E-state index in [-0.39, 0.29) is 11.8 Å². The molecular weight excluding hydrogens is 398 g/mol. The number of amides is 2. The van der Waals surface area contributed by atoms with Crippen LogP contribution in [0.1, 0.15) is 74.2 Å². The van der Waals surface area contributed by atoms with Crippen molar-refractivity contribution >= 4 is 23.4 Å². The van der Waals surface area contributed by atoms with Crippen LogP contribution in [0.5, 0.6) is 0 Å². The maximum Gasteiger partial charge on any atom is 0.252 e. The molecule has 0 saturated heterocycles. The van der Waals surface area contributed by atoms with Crippen LogP contribution in [0.3, 0.4) is 0 Å². The normalized spacial score (nSPS) is 23.1. The van der Waals surface area contributed by atoms with Crippen molar-refractivity contribution in [2.24, 2.45) is 11.3 Å². The minimum absolute atomic E-state index is 0.00448. The summed E-state index contributed by atoms with van der Waals surface area (Å²) in [5.74, 6) is 0.815. The Morgan fingerprint density at radius 2 is 1.87 bits per heavy atom. The third kappa shape index (κ3) is 6.71. The Labute approximate surface area is 185 Å². The van der Waals surface area contributed by atoms with Crippen molar-refractivity contribution in [2.45, 2.75) is 64.7 Å². The lowest BCUT2D eigenvalue weighted by atomic mass is 9.62. The maximum absolute atomic E-state index is 12.9. The van der Waals surface area contributed by atoms with Gasteiger partial charge in [0.05, 0.1) is 10.6 Å². The molecule has 0 aliphatic heterocycles. The molecule has 166 valence electrons. The fourth-order valence-corrected chi connectivity index (χ4v) is 5.41. The van der Waals surface area contributed by atoms with Gasteiger partial charge in [-0.25, -0.2) is 0 Å². The molecule has 5 nitrogen and oxygen atoms in total. The van der Waals surface area contributed by atoms with Gasteiger partial charge in [-0.05, 0) is 67.7 Å². The van der Waals surface area contributed by atoms with Crippen LogP contribution >= 0.6 is 11.6 Å². The highest BCUT2D eigenvalue weighted by Gasteiger charge is 2.39. The van der Waals surface area contributed by atoms with Crippen molar-refractivity contribution in [2.75, 3.05) is 26.2 Å². The van der Waals surface area contributed by atoms with Crippen molar-refractivity contribution in [3.05, 3.63) is 34.3 Å². The summed E-state index contributed by atoms with van der Waals surface area (Å²) >= 11 is 6.35. The van der Waals surface area contributed by atoms with Crippen molar-refractivity contribution in [1.29, 1.82) is 0 Å². The molecule has 2 saturated carbocycles. The standard InChI is InChI=1S/C24H36ClN3O2/c1-18(29)27-14-13-26-12-4-7-19-8-9-22(25)21(15-19)23(30)28-17-24-10-2-5-20(16-24)6-3-11-24/h8-9,15,20,26H,2-7,10-14,16-17H2,1H3,(H,27,29)(H,28,30). The first-order valence-corrected chi connectivity index (χ1v) is 11.9. The number of carbonyl (C=O) groups excluding carboxylic acids is 2. The first-order valence-electron chi connectivity index (χ1n) is 11.5. The fraction of sp³-hybridized carbons (Fsp3) is 0.667. The van der Waals surface area contributed by atoms with Crippen molar-refractivity contribution < 1.29 is 9.59 Å². The predicted octanol–water partition coefficient (Wildman–Crippen LogP) is 4.09. The number of hydrogen-bond donors (Lipinski definition) is 3. The van der Waals surface area contributed by atoms with Crippen LogP contribution < -0.4 is 16.0 Å². The third-order valence-electron chi connectivity index (χ3n) is 6.75. The van der Waals surface area contributed by atoms with E-state index < -0.39 is 0 Å². The van der Waals surface area contributed by atoms with Gasteiger partial charge in [0.2, 0.25) is 5.91 Å². The van der Waals surface area contributed by atoms with Gasteiger partial charge < -0.3 is 16.0 Å². The molecule has 2 fully saturated rings. The summed E-state index contributed by atoms with van der Waals surface area (Å²) in [5, 5.41) is 9.82. The van der Waals surface area contributed by atoms with Crippen LogP contribution in [0, 0.1) is 11.3 Å². The molecular formula is C24H36ClN3O2. The topological polar surface area (TPSA) is 70.2 Å². The highest BCUT2D eigenvalue weighted by Crippen LogP contribution is 2.48. The van der Waals surface area contributed by atoms with Crippen LogP contribution in [0.15, 0.2) is 18.2 Å². The Bertz CT molecular complexity index is 727. The number of hydrogen-bond acceptors (Lipinski definition) is 3. The predicted molar refractivity (Wildman–Crippen MR) is 122 cm³/mol. The molecule has 2 bridgehead atoms. The molecule has 0 unspecified atom stereocenters. The van der Waals surface area contributed by atoms with Gasteiger partial charge in [-0.15, -0.1) is 0 Å². The van der Waals surface area contributed by atoms with Crippen LogP contribution in [0.4, 0.5) is 0 Å². The number of benzene rings is 1. The number of fused-ring (bicyclic) bond motifs is 2. The van der Waals surface area contributed by atoms with Crippen molar-refractivity contribution in [1.82, 2.24) is 16.0 Å². The van der Waals surface area contributed by atoms with E-state index in [2.05, 4.69) is 16.0 Å². The summed E-state index contributed by atoms with van der Waals surface area (Å²) in [7, 11) is 0. The first kappa shape index (κ1) is 23.1. The van der Waals surface area contributed by atoms with Gasteiger partial charge in [-0.3, -0.25) is 9.59 Å². The minimum atomic E-state index is -0.0441. The molecule has 2 aliphatic carbocycles. The summed E-state index contributed by atoms with van der Waals surface area (Å²) in [4.78, 5) is 23.7. The SMILES string of the molecule is CC(=O)NCCNCCCc1ccc(Cl)c(C(=O)NCC23CCCC(CCC2)C3)c1. The zero-order valence-corrected chi connectivity index (χ0v) is 19.0. The molecule has 1 aromatic carbocycles. The monoisotopic (exact) mass is 433 g/mol. The largest absolute Gasteiger partial charge is 0.355 e. The molecule has 2 amide bonds. The molecule has 0 aromatic heterocycles. The zero-order chi connectivity index (χ0) is 21.4. The molecule has 0 atom stereocenters. The van der Waals surface area contributed by atoms with E-state index in [0.717, 1.165) is 44.0 Å². The van der Waals surface area contributed by atoms with Crippen LogP contribution in [-0.2, 0) is 11.2 Å². The smallest absolute Gasteiger partial charge is 0.252 e. The highest BCUT2D eigenvalue weighted by atomic mass is 35.5. The molecule has 2 aliphatic rings. The summed E-state index contributed by atoms with van der Waals surface area (Å²) < 4.78 is 0. The summed E-state index contributed by atoms with van der Waals surface area (Å²) in [6.45, 7) is 4.57. The molecule has 1 aromatic rings. The van der Waals surface area contributed by atoms with E-state index in [0.29, 0.717) is 22.5 Å². The van der Waals surface area contributed by atoms with E-state index in [9.17, 15) is 9.59 Å². The second-order valence-corrected chi connectivity index (χ2v) is 9.60. The maximum atomic E-state index is 12.9.